The van der Waals surface area contributed by atoms with Crippen LogP contribution in [-0.4, -0.2) is 4.98 Å². The number of aromatic nitrogens is 1. The van der Waals surface area contributed by atoms with Crippen LogP contribution in [0.2, 0.25) is 0 Å². The number of thiazole rings is 1. The van der Waals surface area contributed by atoms with Gasteiger partial charge in [0, 0.05) is 10.8 Å². The third-order valence-corrected chi connectivity index (χ3v) is 4.34. The molecule has 0 aliphatic rings. The van der Waals surface area contributed by atoms with Crippen LogP contribution in [0.5, 0.6) is 0 Å². The van der Waals surface area contributed by atoms with Crippen molar-refractivity contribution in [3.63, 3.8) is 0 Å². The highest BCUT2D eigenvalue weighted by Crippen LogP contribution is 2.30. The lowest BCUT2D eigenvalue weighted by Gasteiger charge is -2.22. The second-order valence-electron chi connectivity index (χ2n) is 6.51. The van der Waals surface area contributed by atoms with Crippen LogP contribution in [0.15, 0.2) is 29.6 Å². The molecule has 1 aromatic heterocycles. The molecule has 108 valence electrons. The van der Waals surface area contributed by atoms with Crippen molar-refractivity contribution >= 4 is 11.3 Å². The summed E-state index contributed by atoms with van der Waals surface area (Å²) in [6.45, 7) is 8.34. The molecule has 1 unspecified atom stereocenters. The second kappa shape index (κ2) is 5.26. The number of halogens is 1. The Morgan fingerprint density at radius 2 is 1.95 bits per heavy atom. The molecular weight excluding hydrogens is 271 g/mol. The van der Waals surface area contributed by atoms with Crippen LogP contribution in [0.3, 0.4) is 0 Å². The van der Waals surface area contributed by atoms with Gasteiger partial charge in [-0.2, -0.15) is 0 Å². The maximum Gasteiger partial charge on any atom is 0.123 e. The maximum atomic E-state index is 13.3. The summed E-state index contributed by atoms with van der Waals surface area (Å²) in [6.07, 6.45) is 0.571. The lowest BCUT2D eigenvalue weighted by Crippen LogP contribution is -2.35. The van der Waals surface area contributed by atoms with Gasteiger partial charge >= 0.3 is 0 Å². The van der Waals surface area contributed by atoms with Gasteiger partial charge in [0.2, 0.25) is 0 Å². The summed E-state index contributed by atoms with van der Waals surface area (Å²) >= 11 is 1.58. The largest absolute Gasteiger partial charge is 0.319 e. The van der Waals surface area contributed by atoms with E-state index in [1.165, 1.54) is 12.1 Å². The van der Waals surface area contributed by atoms with Crippen LogP contribution in [0.25, 0.3) is 0 Å². The third kappa shape index (κ3) is 3.44. The molecule has 0 aliphatic heterocycles. The third-order valence-electron chi connectivity index (χ3n) is 3.22. The Hall–Kier alpha value is -1.26. The molecule has 2 N–H and O–H groups in total. The quantitative estimate of drug-likeness (QED) is 0.928. The molecule has 20 heavy (non-hydrogen) atoms. The van der Waals surface area contributed by atoms with E-state index in [2.05, 4.69) is 31.1 Å². The Morgan fingerprint density at radius 3 is 2.50 bits per heavy atom. The molecule has 0 bridgehead atoms. The average Bonchev–Trinajstić information content (AvgIpc) is 2.77. The molecule has 4 heteroatoms. The van der Waals surface area contributed by atoms with Crippen LogP contribution in [0.1, 0.15) is 44.0 Å². The number of hydrogen-bond donors (Lipinski definition) is 1. The van der Waals surface area contributed by atoms with Crippen molar-refractivity contribution in [3.8, 4) is 0 Å². The summed E-state index contributed by atoms with van der Waals surface area (Å²) in [4.78, 5) is 4.67. The Kier molecular flexibility index (Phi) is 3.98. The van der Waals surface area contributed by atoms with Gasteiger partial charge in [-0.25, -0.2) is 9.37 Å². The summed E-state index contributed by atoms with van der Waals surface area (Å²) in [5, 5.41) is 2.96. The van der Waals surface area contributed by atoms with E-state index in [4.69, 9.17) is 5.73 Å². The van der Waals surface area contributed by atoms with Gasteiger partial charge in [-0.05, 0) is 31.0 Å². The zero-order valence-corrected chi connectivity index (χ0v) is 13.2. The smallest absolute Gasteiger partial charge is 0.123 e. The summed E-state index contributed by atoms with van der Waals surface area (Å²) < 4.78 is 13.3. The van der Waals surface area contributed by atoms with E-state index in [1.807, 2.05) is 13.0 Å². The second-order valence-corrected chi connectivity index (χ2v) is 7.37. The van der Waals surface area contributed by atoms with E-state index in [-0.39, 0.29) is 11.2 Å². The molecule has 2 rings (SSSR count). The van der Waals surface area contributed by atoms with Gasteiger partial charge in [0.25, 0.3) is 0 Å². The first kappa shape index (κ1) is 15.1. The van der Waals surface area contributed by atoms with Crippen LogP contribution in [0, 0.1) is 5.82 Å². The van der Waals surface area contributed by atoms with E-state index < -0.39 is 5.54 Å². The van der Waals surface area contributed by atoms with Crippen molar-refractivity contribution in [2.75, 3.05) is 0 Å². The van der Waals surface area contributed by atoms with Crippen LogP contribution < -0.4 is 5.73 Å². The molecule has 1 heterocycles. The molecule has 1 atom stereocenters. The number of rotatable bonds is 3. The molecular formula is C16H21FN2S. The molecule has 0 spiro atoms. The molecule has 0 radical (unpaired) electrons. The summed E-state index contributed by atoms with van der Waals surface area (Å²) in [5.74, 6) is -0.229. The fourth-order valence-corrected chi connectivity index (χ4v) is 3.15. The van der Waals surface area contributed by atoms with Crippen LogP contribution in [-0.2, 0) is 17.4 Å². The average molecular weight is 292 g/mol. The first-order valence-corrected chi connectivity index (χ1v) is 7.56. The fraction of sp³-hybridized carbons (Fsp3) is 0.438. The monoisotopic (exact) mass is 292 g/mol. The van der Waals surface area contributed by atoms with Gasteiger partial charge in [0.1, 0.15) is 10.8 Å². The maximum absolute atomic E-state index is 13.3. The number of nitrogens with zero attached hydrogens (tertiary/aromatic N) is 1. The number of benzene rings is 1. The zero-order valence-electron chi connectivity index (χ0n) is 12.4. The van der Waals surface area contributed by atoms with Gasteiger partial charge in [0.15, 0.2) is 0 Å². The van der Waals surface area contributed by atoms with Crippen molar-refractivity contribution in [1.82, 2.24) is 4.98 Å². The Morgan fingerprint density at radius 1 is 1.25 bits per heavy atom. The highest BCUT2D eigenvalue weighted by atomic mass is 32.1. The Labute approximate surface area is 123 Å². The minimum absolute atomic E-state index is 0.0175. The molecule has 0 aliphatic carbocycles. The Bertz CT molecular complexity index is 597. The van der Waals surface area contributed by atoms with Gasteiger partial charge in [0.05, 0.1) is 11.2 Å². The Balaban J connectivity index is 2.24. The molecule has 0 amide bonds. The minimum Gasteiger partial charge on any atom is -0.319 e. The van der Waals surface area contributed by atoms with E-state index >= 15 is 0 Å². The fourth-order valence-electron chi connectivity index (χ4n) is 2.03. The predicted octanol–water partition coefficient (Wildman–Crippen LogP) is 4.00. The van der Waals surface area contributed by atoms with Gasteiger partial charge < -0.3 is 5.73 Å². The van der Waals surface area contributed by atoms with Gasteiger partial charge in [-0.1, -0.05) is 32.9 Å². The highest BCUT2D eigenvalue weighted by molar-refractivity contribution is 7.09. The summed E-state index contributed by atoms with van der Waals surface area (Å²) in [7, 11) is 0. The molecule has 0 fully saturated rings. The first-order valence-electron chi connectivity index (χ1n) is 6.68. The van der Waals surface area contributed by atoms with Crippen molar-refractivity contribution < 1.29 is 4.39 Å². The SMILES string of the molecule is CC(C)(C)c1csc(C(C)(N)Cc2cccc(F)c2)n1. The lowest BCUT2D eigenvalue weighted by molar-refractivity contribution is 0.479. The van der Waals surface area contributed by atoms with Crippen molar-refractivity contribution in [2.45, 2.75) is 45.1 Å². The lowest BCUT2D eigenvalue weighted by atomic mass is 9.92. The highest BCUT2D eigenvalue weighted by Gasteiger charge is 2.28. The number of hydrogen-bond acceptors (Lipinski definition) is 3. The number of nitrogens with two attached hydrogens (primary N) is 1. The normalized spacial score (nSPS) is 15.1. The predicted molar refractivity (Wildman–Crippen MR) is 82.5 cm³/mol. The molecule has 1 aromatic carbocycles. The standard InChI is InChI=1S/C16H21FN2S/c1-15(2,3)13-10-20-14(19-13)16(4,18)9-11-6-5-7-12(17)8-11/h5-8,10H,9,18H2,1-4H3. The van der Waals surface area contributed by atoms with E-state index in [0.717, 1.165) is 16.3 Å². The van der Waals surface area contributed by atoms with E-state index in [9.17, 15) is 4.39 Å². The van der Waals surface area contributed by atoms with Gasteiger partial charge in [-0.3, -0.25) is 0 Å². The zero-order chi connectivity index (χ0) is 15.0. The topological polar surface area (TPSA) is 38.9 Å². The first-order chi connectivity index (χ1) is 9.18. The van der Waals surface area contributed by atoms with Crippen molar-refractivity contribution in [1.29, 1.82) is 0 Å². The van der Waals surface area contributed by atoms with Crippen LogP contribution in [0.4, 0.5) is 4.39 Å². The van der Waals surface area contributed by atoms with Crippen molar-refractivity contribution in [3.05, 3.63) is 51.7 Å². The molecule has 0 saturated heterocycles. The summed E-state index contributed by atoms with van der Waals surface area (Å²) in [6, 6.07) is 6.58. The summed E-state index contributed by atoms with van der Waals surface area (Å²) in [5.41, 5.74) is 7.78. The minimum atomic E-state index is -0.581. The van der Waals surface area contributed by atoms with E-state index in [0.29, 0.717) is 6.42 Å². The molecule has 0 saturated carbocycles. The van der Waals surface area contributed by atoms with Gasteiger partial charge in [-0.15, -0.1) is 11.3 Å². The molecule has 2 aromatic rings. The van der Waals surface area contributed by atoms with E-state index in [1.54, 1.807) is 17.4 Å². The van der Waals surface area contributed by atoms with Crippen molar-refractivity contribution in [2.24, 2.45) is 5.73 Å². The molecule has 2 nitrogen and oxygen atoms in total. The van der Waals surface area contributed by atoms with Crippen LogP contribution >= 0.6 is 11.3 Å².